The smallest absolute Gasteiger partial charge is 0.119 e. The molecule has 18 heavy (non-hydrogen) atoms. The van der Waals surface area contributed by atoms with Gasteiger partial charge in [-0.15, -0.1) is 0 Å². The highest BCUT2D eigenvalue weighted by Gasteiger charge is 2.24. The van der Waals surface area contributed by atoms with E-state index in [4.69, 9.17) is 4.74 Å². The molecular formula is C15H23NO2. The van der Waals surface area contributed by atoms with Crippen LogP contribution in [0.1, 0.15) is 31.7 Å². The highest BCUT2D eigenvalue weighted by Crippen LogP contribution is 2.24. The van der Waals surface area contributed by atoms with Gasteiger partial charge in [-0.25, -0.2) is 0 Å². The molecule has 1 aromatic rings. The minimum atomic E-state index is -0.0992. The molecule has 2 atom stereocenters. The summed E-state index contributed by atoms with van der Waals surface area (Å²) in [4.78, 5) is 0. The number of nitrogens with one attached hydrogen (secondary N) is 1. The van der Waals surface area contributed by atoms with E-state index in [0.717, 1.165) is 38.1 Å². The van der Waals surface area contributed by atoms with Gasteiger partial charge in [0.25, 0.3) is 0 Å². The third kappa shape index (κ3) is 3.72. The van der Waals surface area contributed by atoms with Crippen LogP contribution < -0.4 is 10.1 Å². The fourth-order valence-electron chi connectivity index (χ4n) is 2.53. The Hall–Kier alpha value is -1.06. The molecule has 0 amide bonds. The van der Waals surface area contributed by atoms with Crippen LogP contribution in [0.15, 0.2) is 24.3 Å². The van der Waals surface area contributed by atoms with E-state index >= 15 is 0 Å². The summed E-state index contributed by atoms with van der Waals surface area (Å²) in [7, 11) is 0. The number of ether oxygens (including phenoxy) is 1. The van der Waals surface area contributed by atoms with Crippen LogP contribution >= 0.6 is 0 Å². The summed E-state index contributed by atoms with van der Waals surface area (Å²) >= 11 is 0. The van der Waals surface area contributed by atoms with Crippen molar-refractivity contribution >= 4 is 0 Å². The first-order valence-electron chi connectivity index (χ1n) is 6.90. The van der Waals surface area contributed by atoms with Gasteiger partial charge in [-0.3, -0.25) is 0 Å². The largest absolute Gasteiger partial charge is 0.494 e. The summed E-state index contributed by atoms with van der Waals surface area (Å²) in [5.74, 6) is 1.36. The van der Waals surface area contributed by atoms with Gasteiger partial charge >= 0.3 is 0 Å². The number of aliphatic hydroxyl groups is 1. The Kier molecular flexibility index (Phi) is 5.02. The second kappa shape index (κ2) is 6.76. The summed E-state index contributed by atoms with van der Waals surface area (Å²) in [6.07, 6.45) is 3.18. The zero-order chi connectivity index (χ0) is 12.8. The molecular weight excluding hydrogens is 226 g/mol. The number of rotatable bonds is 6. The number of hydrogen-bond donors (Lipinski definition) is 2. The number of hydrogen-bond acceptors (Lipinski definition) is 3. The van der Waals surface area contributed by atoms with E-state index in [-0.39, 0.29) is 6.10 Å². The Morgan fingerprint density at radius 3 is 2.67 bits per heavy atom. The fraction of sp³-hybridized carbons (Fsp3) is 0.600. The third-order valence-corrected chi connectivity index (χ3v) is 3.59. The van der Waals surface area contributed by atoms with Crippen LogP contribution in [0.3, 0.4) is 0 Å². The quantitative estimate of drug-likeness (QED) is 0.813. The molecule has 2 N–H and O–H groups in total. The molecule has 1 saturated carbocycles. The van der Waals surface area contributed by atoms with Gasteiger partial charge < -0.3 is 15.2 Å². The third-order valence-electron chi connectivity index (χ3n) is 3.59. The Morgan fingerprint density at radius 1 is 1.28 bits per heavy atom. The molecule has 3 nitrogen and oxygen atoms in total. The minimum Gasteiger partial charge on any atom is -0.494 e. The van der Waals surface area contributed by atoms with E-state index < -0.39 is 0 Å². The molecule has 1 aliphatic rings. The van der Waals surface area contributed by atoms with E-state index in [0.29, 0.717) is 12.5 Å². The van der Waals surface area contributed by atoms with Crippen molar-refractivity contribution in [3.63, 3.8) is 0 Å². The van der Waals surface area contributed by atoms with E-state index in [1.165, 1.54) is 5.56 Å². The van der Waals surface area contributed by atoms with Gasteiger partial charge in [-0.1, -0.05) is 18.6 Å². The molecule has 3 heteroatoms. The molecule has 0 aliphatic heterocycles. The Labute approximate surface area is 109 Å². The van der Waals surface area contributed by atoms with Gasteiger partial charge in [-0.05, 0) is 43.4 Å². The molecule has 0 radical (unpaired) electrons. The first kappa shape index (κ1) is 13.4. The van der Waals surface area contributed by atoms with Gasteiger partial charge in [-0.2, -0.15) is 0 Å². The van der Waals surface area contributed by atoms with Crippen molar-refractivity contribution in [3.8, 4) is 5.75 Å². The lowest BCUT2D eigenvalue weighted by atomic mass is 10.1. The van der Waals surface area contributed by atoms with Crippen molar-refractivity contribution in [1.82, 2.24) is 5.32 Å². The average Bonchev–Trinajstić information content (AvgIpc) is 2.78. The minimum absolute atomic E-state index is 0.0992. The number of aliphatic hydroxyl groups excluding tert-OH is 1. The Bertz CT molecular complexity index is 350. The van der Waals surface area contributed by atoms with Gasteiger partial charge in [0, 0.05) is 13.1 Å². The van der Waals surface area contributed by atoms with Crippen LogP contribution in [-0.4, -0.2) is 24.4 Å². The lowest BCUT2D eigenvalue weighted by Crippen LogP contribution is -2.27. The van der Waals surface area contributed by atoms with Crippen LogP contribution in [0.25, 0.3) is 0 Å². The first-order valence-corrected chi connectivity index (χ1v) is 6.90. The molecule has 0 bridgehead atoms. The molecule has 100 valence electrons. The fourth-order valence-corrected chi connectivity index (χ4v) is 2.53. The van der Waals surface area contributed by atoms with E-state index in [1.807, 2.05) is 19.1 Å². The topological polar surface area (TPSA) is 41.5 Å². The summed E-state index contributed by atoms with van der Waals surface area (Å²) < 4.78 is 5.41. The summed E-state index contributed by atoms with van der Waals surface area (Å²) in [6, 6.07) is 8.18. The van der Waals surface area contributed by atoms with E-state index in [1.54, 1.807) is 0 Å². The molecule has 2 unspecified atom stereocenters. The SMILES string of the molecule is CCOc1ccc(CNCC2CCCC2O)cc1. The number of benzene rings is 1. The molecule has 0 spiro atoms. The van der Waals surface area contributed by atoms with E-state index in [9.17, 15) is 5.11 Å². The Morgan fingerprint density at radius 2 is 2.06 bits per heavy atom. The van der Waals surface area contributed by atoms with Gasteiger partial charge in [0.15, 0.2) is 0 Å². The summed E-state index contributed by atoms with van der Waals surface area (Å²) in [5, 5.41) is 13.1. The maximum Gasteiger partial charge on any atom is 0.119 e. The standard InChI is InChI=1S/C15H23NO2/c1-2-18-14-8-6-12(7-9-14)10-16-11-13-4-3-5-15(13)17/h6-9,13,15-17H,2-5,10-11H2,1H3. The van der Waals surface area contributed by atoms with Crippen LogP contribution in [0.5, 0.6) is 5.75 Å². The highest BCUT2D eigenvalue weighted by atomic mass is 16.5. The second-order valence-electron chi connectivity index (χ2n) is 4.97. The van der Waals surface area contributed by atoms with Crippen molar-refractivity contribution in [2.75, 3.05) is 13.2 Å². The molecule has 1 aromatic carbocycles. The lowest BCUT2D eigenvalue weighted by Gasteiger charge is -2.15. The zero-order valence-corrected chi connectivity index (χ0v) is 11.1. The van der Waals surface area contributed by atoms with E-state index in [2.05, 4.69) is 17.4 Å². The van der Waals surface area contributed by atoms with Gasteiger partial charge in [0.2, 0.25) is 0 Å². The van der Waals surface area contributed by atoms with Crippen molar-refractivity contribution in [2.45, 2.75) is 38.8 Å². The van der Waals surface area contributed by atoms with Crippen molar-refractivity contribution in [3.05, 3.63) is 29.8 Å². The van der Waals surface area contributed by atoms with Crippen LogP contribution in [0.4, 0.5) is 0 Å². The van der Waals surface area contributed by atoms with Crippen molar-refractivity contribution in [2.24, 2.45) is 5.92 Å². The molecule has 2 rings (SSSR count). The van der Waals surface area contributed by atoms with Crippen LogP contribution in [0, 0.1) is 5.92 Å². The zero-order valence-electron chi connectivity index (χ0n) is 11.1. The Balaban J connectivity index is 1.72. The average molecular weight is 249 g/mol. The molecule has 0 aromatic heterocycles. The second-order valence-corrected chi connectivity index (χ2v) is 4.97. The predicted octanol–water partition coefficient (Wildman–Crippen LogP) is 2.34. The monoisotopic (exact) mass is 249 g/mol. The summed E-state index contributed by atoms with van der Waals surface area (Å²) in [5.41, 5.74) is 1.26. The maximum atomic E-state index is 9.73. The normalized spacial score (nSPS) is 23.2. The van der Waals surface area contributed by atoms with Gasteiger partial charge in [0.05, 0.1) is 12.7 Å². The molecule has 1 aliphatic carbocycles. The highest BCUT2D eigenvalue weighted by molar-refractivity contribution is 5.27. The first-order chi connectivity index (χ1) is 8.79. The van der Waals surface area contributed by atoms with Gasteiger partial charge in [0.1, 0.15) is 5.75 Å². The van der Waals surface area contributed by atoms with Crippen molar-refractivity contribution < 1.29 is 9.84 Å². The lowest BCUT2D eigenvalue weighted by molar-refractivity contribution is 0.131. The maximum absolute atomic E-state index is 9.73. The molecule has 1 fully saturated rings. The molecule has 0 saturated heterocycles. The van der Waals surface area contributed by atoms with Crippen LogP contribution in [-0.2, 0) is 6.54 Å². The molecule has 0 heterocycles. The van der Waals surface area contributed by atoms with Crippen LogP contribution in [0.2, 0.25) is 0 Å². The van der Waals surface area contributed by atoms with Crippen molar-refractivity contribution in [1.29, 1.82) is 0 Å². The predicted molar refractivity (Wildman–Crippen MR) is 72.7 cm³/mol. The summed E-state index contributed by atoms with van der Waals surface area (Å²) in [6.45, 7) is 4.46.